The first-order valence-corrected chi connectivity index (χ1v) is 25.8. The van der Waals surface area contributed by atoms with Gasteiger partial charge in [-0.1, -0.05) is 133 Å². The maximum atomic E-state index is 6.21. The Balaban J connectivity index is 1.16. The van der Waals surface area contributed by atoms with Crippen LogP contribution in [0.5, 0.6) is 0 Å². The number of thiophene rings is 2. The number of hydrogen-bond acceptors (Lipinski definition) is 6. The van der Waals surface area contributed by atoms with Crippen molar-refractivity contribution in [1.29, 1.82) is 0 Å². The number of benzene rings is 7. The summed E-state index contributed by atoms with van der Waals surface area (Å²) in [5, 5.41) is 7.52. The Bertz CT molecular complexity index is 3710. The van der Waals surface area contributed by atoms with Crippen LogP contribution < -0.4 is 26.2 Å². The van der Waals surface area contributed by atoms with Gasteiger partial charge in [-0.05, 0) is 147 Å². The van der Waals surface area contributed by atoms with Crippen LogP contribution in [0.25, 0.3) is 64.4 Å². The first kappa shape index (κ1) is 42.3. The van der Waals surface area contributed by atoms with E-state index < -0.39 is 0 Å². The zero-order valence-electron chi connectivity index (χ0n) is 40.9. The molecular formula is C62H53BN2O2S2. The average molecular weight is 933 g/mol. The van der Waals surface area contributed by atoms with Gasteiger partial charge in [0.2, 0.25) is 0 Å². The van der Waals surface area contributed by atoms with Gasteiger partial charge >= 0.3 is 0 Å². The average Bonchev–Trinajstić information content (AvgIpc) is 4.13. The molecule has 0 bridgehead atoms. The van der Waals surface area contributed by atoms with Crippen molar-refractivity contribution in [3.05, 3.63) is 173 Å². The fraction of sp³-hybridized carbons (Fsp3) is 0.194. The van der Waals surface area contributed by atoms with Crippen LogP contribution in [0.4, 0.5) is 32.8 Å². The third-order valence-electron chi connectivity index (χ3n) is 15.2. The lowest BCUT2D eigenvalue weighted by atomic mass is 9.33. The van der Waals surface area contributed by atoms with Crippen molar-refractivity contribution < 1.29 is 8.83 Å². The van der Waals surface area contributed by atoms with Crippen molar-refractivity contribution in [3.8, 4) is 22.3 Å². The van der Waals surface area contributed by atoms with Gasteiger partial charge in [-0.25, -0.2) is 0 Å². The van der Waals surface area contributed by atoms with E-state index in [1.807, 2.05) is 47.3 Å². The second-order valence-corrected chi connectivity index (χ2v) is 23.5. The summed E-state index contributed by atoms with van der Waals surface area (Å²) in [7, 11) is 0. The quantitative estimate of drug-likeness (QED) is 0.165. The van der Waals surface area contributed by atoms with Crippen LogP contribution in [0.1, 0.15) is 74.9 Å². The zero-order valence-corrected chi connectivity index (χ0v) is 42.5. The van der Waals surface area contributed by atoms with Crippen LogP contribution in [-0.4, -0.2) is 6.71 Å². The monoisotopic (exact) mass is 932 g/mol. The van der Waals surface area contributed by atoms with E-state index in [2.05, 4.69) is 194 Å². The van der Waals surface area contributed by atoms with Crippen LogP contribution in [-0.2, 0) is 10.8 Å². The lowest BCUT2D eigenvalue weighted by Crippen LogP contribution is -2.60. The van der Waals surface area contributed by atoms with E-state index in [1.165, 1.54) is 114 Å². The second kappa shape index (κ2) is 14.9. The molecule has 0 saturated heterocycles. The van der Waals surface area contributed by atoms with Crippen LogP contribution in [0.15, 0.2) is 149 Å². The minimum absolute atomic E-state index is 0.0233. The molecule has 7 aromatic carbocycles. The number of rotatable bonds is 4. The number of anilines is 6. The topological polar surface area (TPSA) is 32.8 Å². The molecule has 0 radical (unpaired) electrons. The molecule has 0 aliphatic carbocycles. The summed E-state index contributed by atoms with van der Waals surface area (Å²) in [6, 6.07) is 47.7. The van der Waals surface area contributed by atoms with Gasteiger partial charge in [0.25, 0.3) is 6.71 Å². The molecule has 2 aliphatic rings. The zero-order chi connectivity index (χ0) is 47.4. The van der Waals surface area contributed by atoms with Gasteiger partial charge in [-0.15, -0.1) is 22.7 Å². The fourth-order valence-corrected chi connectivity index (χ4v) is 14.2. The highest BCUT2D eigenvalue weighted by Crippen LogP contribution is 2.54. The minimum Gasteiger partial charge on any atom is -0.464 e. The van der Waals surface area contributed by atoms with Crippen molar-refractivity contribution in [2.75, 3.05) is 9.80 Å². The molecule has 2 aliphatic heterocycles. The van der Waals surface area contributed by atoms with Gasteiger partial charge in [0.15, 0.2) is 0 Å². The molecule has 0 unspecified atom stereocenters. The second-order valence-electron chi connectivity index (χ2n) is 21.5. The summed E-state index contributed by atoms with van der Waals surface area (Å²) in [5.41, 5.74) is 23.0. The van der Waals surface area contributed by atoms with Crippen LogP contribution >= 0.6 is 22.7 Å². The summed E-state index contributed by atoms with van der Waals surface area (Å²) < 4.78 is 15.0. The molecule has 11 aromatic rings. The standard InChI is InChI=1S/C62H53BN2O2S2/c1-34-22-26-40(46-32-66-50-20-13-11-16-42(46)50)36(3)57(34)64-48-18-15-19-49-56(48)63(54-44-30-38(61(5,6)7)24-28-52(44)68-59(54)64)55-45-31-39(62(8,9)10)25-29-53(45)69-60(55)65(49)58-35(2)23-27-41(37(58)4)47-33-67-51-21-14-12-17-43(47)51/h11-33H,1-10H3. The first-order chi connectivity index (χ1) is 33.2. The van der Waals surface area contributed by atoms with E-state index in [-0.39, 0.29) is 17.5 Å². The molecule has 0 amide bonds. The lowest BCUT2D eigenvalue weighted by molar-refractivity contribution is 0.591. The summed E-state index contributed by atoms with van der Waals surface area (Å²) >= 11 is 3.88. The Kier molecular flexibility index (Phi) is 9.11. The van der Waals surface area contributed by atoms with Crippen molar-refractivity contribution in [3.63, 3.8) is 0 Å². The largest absolute Gasteiger partial charge is 0.464 e. The van der Waals surface area contributed by atoms with Gasteiger partial charge in [0.1, 0.15) is 11.2 Å². The summed E-state index contributed by atoms with van der Waals surface area (Å²) in [6.45, 7) is 23.2. The Morgan fingerprint density at radius 1 is 0.435 bits per heavy atom. The number of fused-ring (bicyclic) bond motifs is 10. The number of hydrogen-bond donors (Lipinski definition) is 0. The normalized spacial score (nSPS) is 13.6. The van der Waals surface area contributed by atoms with E-state index in [9.17, 15) is 0 Å². The summed E-state index contributed by atoms with van der Waals surface area (Å²) in [6.07, 6.45) is 3.89. The predicted octanol–water partition coefficient (Wildman–Crippen LogP) is 16.9. The van der Waals surface area contributed by atoms with E-state index in [1.54, 1.807) is 0 Å². The Morgan fingerprint density at radius 3 is 1.30 bits per heavy atom. The summed E-state index contributed by atoms with van der Waals surface area (Å²) in [5.74, 6) is 0. The number of para-hydroxylation sites is 2. The Labute approximate surface area is 412 Å². The van der Waals surface area contributed by atoms with Gasteiger partial charge < -0.3 is 18.6 Å². The SMILES string of the molecule is Cc1ccc(-c2coc3ccccc23)c(C)c1N1c2cccc3c2B(c2c1sc1ccc(C(C)(C)C)cc21)c1c(sc2ccc(C(C)(C)C)cc12)N3c1c(C)ccc(-c2coc3ccccc23)c1C. The van der Waals surface area contributed by atoms with E-state index in [0.29, 0.717) is 0 Å². The molecule has 4 aromatic heterocycles. The molecular weight excluding hydrogens is 880 g/mol. The van der Waals surface area contributed by atoms with Gasteiger partial charge in [-0.3, -0.25) is 0 Å². The molecule has 13 rings (SSSR count). The highest BCUT2D eigenvalue weighted by Gasteiger charge is 2.48. The third kappa shape index (κ3) is 6.12. The van der Waals surface area contributed by atoms with Crippen LogP contribution in [0.3, 0.4) is 0 Å². The highest BCUT2D eigenvalue weighted by molar-refractivity contribution is 7.29. The molecule has 69 heavy (non-hydrogen) atoms. The van der Waals surface area contributed by atoms with Crippen LogP contribution in [0, 0.1) is 27.7 Å². The Hall–Kier alpha value is -6.80. The Morgan fingerprint density at radius 2 is 0.870 bits per heavy atom. The number of aryl methyl sites for hydroxylation is 2. The van der Waals surface area contributed by atoms with Crippen molar-refractivity contribution in [2.45, 2.75) is 80.1 Å². The molecule has 0 N–H and O–H groups in total. The van der Waals surface area contributed by atoms with Crippen molar-refractivity contribution in [1.82, 2.24) is 0 Å². The predicted molar refractivity (Wildman–Crippen MR) is 298 cm³/mol. The molecule has 6 heterocycles. The fourth-order valence-electron chi connectivity index (χ4n) is 11.7. The van der Waals surface area contributed by atoms with E-state index >= 15 is 0 Å². The molecule has 0 fully saturated rings. The van der Waals surface area contributed by atoms with E-state index in [4.69, 9.17) is 8.83 Å². The first-order valence-electron chi connectivity index (χ1n) is 24.2. The summed E-state index contributed by atoms with van der Waals surface area (Å²) in [4.78, 5) is 5.29. The van der Waals surface area contributed by atoms with Gasteiger partial charge in [0, 0.05) is 42.7 Å². The number of furan rings is 2. The van der Waals surface area contributed by atoms with Gasteiger partial charge in [0.05, 0.1) is 33.9 Å². The smallest absolute Gasteiger partial charge is 0.256 e. The maximum Gasteiger partial charge on any atom is 0.256 e. The van der Waals surface area contributed by atoms with Crippen molar-refractivity contribution in [2.24, 2.45) is 0 Å². The van der Waals surface area contributed by atoms with Gasteiger partial charge in [-0.2, -0.15) is 0 Å². The van der Waals surface area contributed by atoms with Crippen LogP contribution in [0.2, 0.25) is 0 Å². The molecule has 4 nitrogen and oxygen atoms in total. The van der Waals surface area contributed by atoms with E-state index in [0.717, 1.165) is 33.1 Å². The van der Waals surface area contributed by atoms with Crippen molar-refractivity contribution >= 4 is 121 Å². The molecule has 0 saturated carbocycles. The maximum absolute atomic E-state index is 6.21. The molecule has 338 valence electrons. The molecule has 7 heteroatoms. The highest BCUT2D eigenvalue weighted by atomic mass is 32.1. The molecule has 0 atom stereocenters. The number of nitrogens with zero attached hydrogens (tertiary/aromatic N) is 2. The minimum atomic E-state index is -0.0269. The molecule has 0 spiro atoms. The lowest BCUT2D eigenvalue weighted by Gasteiger charge is -2.43. The third-order valence-corrected chi connectivity index (χ3v) is 17.6.